The van der Waals surface area contributed by atoms with Gasteiger partial charge in [-0.15, -0.1) is 0 Å². The summed E-state index contributed by atoms with van der Waals surface area (Å²) in [7, 11) is 0. The van der Waals surface area contributed by atoms with Gasteiger partial charge in [0.2, 0.25) is 0 Å². The standard InChI is InChI=1S/C9H18O/c1-8(7-10)5-6-9(2,3)4/h5,10H,6-7H2,1-4H3/b8-5+. The SMILES string of the molecule is C/C(=C\CC(C)(C)C)CO. The number of aliphatic hydroxyl groups is 1. The van der Waals surface area contributed by atoms with Crippen LogP contribution in [-0.4, -0.2) is 11.7 Å². The Balaban J connectivity index is 3.73. The van der Waals surface area contributed by atoms with Crippen LogP contribution in [0.1, 0.15) is 34.1 Å². The minimum atomic E-state index is 0.191. The summed E-state index contributed by atoms with van der Waals surface area (Å²) in [5, 5.41) is 8.66. The molecule has 0 radical (unpaired) electrons. The molecular formula is C9H18O. The highest BCUT2D eigenvalue weighted by atomic mass is 16.3. The van der Waals surface area contributed by atoms with Crippen molar-refractivity contribution >= 4 is 0 Å². The lowest BCUT2D eigenvalue weighted by molar-refractivity contribution is 0.329. The van der Waals surface area contributed by atoms with Crippen molar-refractivity contribution in [3.05, 3.63) is 11.6 Å². The minimum Gasteiger partial charge on any atom is -0.392 e. The van der Waals surface area contributed by atoms with E-state index in [1.165, 1.54) is 0 Å². The van der Waals surface area contributed by atoms with E-state index < -0.39 is 0 Å². The van der Waals surface area contributed by atoms with Gasteiger partial charge in [0.25, 0.3) is 0 Å². The molecule has 0 heterocycles. The fourth-order valence-electron chi connectivity index (χ4n) is 0.545. The van der Waals surface area contributed by atoms with Crippen molar-refractivity contribution in [2.75, 3.05) is 6.61 Å². The molecule has 0 aliphatic carbocycles. The Kier molecular flexibility index (Phi) is 3.66. The molecule has 0 aromatic heterocycles. The van der Waals surface area contributed by atoms with Crippen LogP contribution >= 0.6 is 0 Å². The van der Waals surface area contributed by atoms with Crippen LogP contribution in [0.4, 0.5) is 0 Å². The Hall–Kier alpha value is -0.300. The summed E-state index contributed by atoms with van der Waals surface area (Å²) in [6, 6.07) is 0. The number of hydrogen-bond donors (Lipinski definition) is 1. The summed E-state index contributed by atoms with van der Waals surface area (Å²) < 4.78 is 0. The second-order valence-corrected chi connectivity index (χ2v) is 3.97. The molecule has 0 unspecified atom stereocenters. The van der Waals surface area contributed by atoms with Crippen molar-refractivity contribution < 1.29 is 5.11 Å². The molecule has 0 spiro atoms. The van der Waals surface area contributed by atoms with Crippen LogP contribution in [0.15, 0.2) is 11.6 Å². The molecule has 1 nitrogen and oxygen atoms in total. The van der Waals surface area contributed by atoms with Crippen molar-refractivity contribution in [2.45, 2.75) is 34.1 Å². The minimum absolute atomic E-state index is 0.191. The second-order valence-electron chi connectivity index (χ2n) is 3.97. The van der Waals surface area contributed by atoms with Crippen molar-refractivity contribution in [1.29, 1.82) is 0 Å². The van der Waals surface area contributed by atoms with Gasteiger partial charge in [-0.2, -0.15) is 0 Å². The maximum absolute atomic E-state index is 8.66. The number of hydrogen-bond acceptors (Lipinski definition) is 1. The molecule has 1 heteroatoms. The van der Waals surface area contributed by atoms with Crippen molar-refractivity contribution in [1.82, 2.24) is 0 Å². The van der Waals surface area contributed by atoms with Crippen LogP contribution in [0.3, 0.4) is 0 Å². The molecule has 0 rings (SSSR count). The molecule has 0 saturated carbocycles. The van der Waals surface area contributed by atoms with Crippen molar-refractivity contribution in [3.63, 3.8) is 0 Å². The Bertz CT molecular complexity index is 117. The van der Waals surface area contributed by atoms with Crippen molar-refractivity contribution in [2.24, 2.45) is 5.41 Å². The summed E-state index contributed by atoms with van der Waals surface area (Å²) in [5.74, 6) is 0. The van der Waals surface area contributed by atoms with Gasteiger partial charge in [-0.05, 0) is 18.8 Å². The average Bonchev–Trinajstić information content (AvgIpc) is 1.81. The maximum Gasteiger partial charge on any atom is 0.0639 e. The first-order chi connectivity index (χ1) is 4.45. The largest absolute Gasteiger partial charge is 0.392 e. The third kappa shape index (κ3) is 5.83. The molecular weight excluding hydrogens is 124 g/mol. The fraction of sp³-hybridized carbons (Fsp3) is 0.778. The Morgan fingerprint density at radius 1 is 1.40 bits per heavy atom. The summed E-state index contributed by atoms with van der Waals surface area (Å²) in [4.78, 5) is 0. The monoisotopic (exact) mass is 142 g/mol. The molecule has 60 valence electrons. The van der Waals surface area contributed by atoms with Crippen LogP contribution in [-0.2, 0) is 0 Å². The molecule has 0 aromatic carbocycles. The van der Waals surface area contributed by atoms with Crippen LogP contribution in [0.5, 0.6) is 0 Å². The normalized spacial score (nSPS) is 13.9. The second kappa shape index (κ2) is 3.77. The molecule has 0 aliphatic heterocycles. The van der Waals surface area contributed by atoms with Crippen LogP contribution in [0, 0.1) is 5.41 Å². The first kappa shape index (κ1) is 9.70. The molecule has 0 amide bonds. The van der Waals surface area contributed by atoms with Crippen LogP contribution in [0.25, 0.3) is 0 Å². The lowest BCUT2D eigenvalue weighted by Gasteiger charge is -2.15. The van der Waals surface area contributed by atoms with Crippen LogP contribution < -0.4 is 0 Å². The molecule has 0 atom stereocenters. The average molecular weight is 142 g/mol. The van der Waals surface area contributed by atoms with E-state index in [1.807, 2.05) is 6.92 Å². The topological polar surface area (TPSA) is 20.2 Å². The summed E-state index contributed by atoms with van der Waals surface area (Å²) in [6.45, 7) is 8.71. The van der Waals surface area contributed by atoms with Gasteiger partial charge in [0.05, 0.1) is 6.61 Å². The first-order valence-corrected chi connectivity index (χ1v) is 3.72. The van der Waals surface area contributed by atoms with E-state index in [0.717, 1.165) is 12.0 Å². The van der Waals surface area contributed by atoms with E-state index in [1.54, 1.807) is 0 Å². The Morgan fingerprint density at radius 2 is 1.90 bits per heavy atom. The first-order valence-electron chi connectivity index (χ1n) is 3.72. The van der Waals surface area contributed by atoms with E-state index in [9.17, 15) is 0 Å². The smallest absolute Gasteiger partial charge is 0.0639 e. The number of rotatable bonds is 2. The predicted molar refractivity (Wildman–Crippen MR) is 44.9 cm³/mol. The highest BCUT2D eigenvalue weighted by Crippen LogP contribution is 2.19. The quantitative estimate of drug-likeness (QED) is 0.587. The zero-order valence-corrected chi connectivity index (χ0v) is 7.44. The molecule has 0 saturated heterocycles. The van der Waals surface area contributed by atoms with Gasteiger partial charge in [-0.3, -0.25) is 0 Å². The van der Waals surface area contributed by atoms with E-state index in [4.69, 9.17) is 5.11 Å². The van der Waals surface area contributed by atoms with E-state index in [0.29, 0.717) is 5.41 Å². The predicted octanol–water partition coefficient (Wildman–Crippen LogP) is 2.36. The highest BCUT2D eigenvalue weighted by molar-refractivity contribution is 4.98. The highest BCUT2D eigenvalue weighted by Gasteiger charge is 2.06. The molecule has 0 fully saturated rings. The number of aliphatic hydroxyl groups excluding tert-OH is 1. The molecule has 10 heavy (non-hydrogen) atoms. The zero-order valence-electron chi connectivity index (χ0n) is 7.44. The van der Waals surface area contributed by atoms with Gasteiger partial charge in [0.15, 0.2) is 0 Å². The molecule has 0 bridgehead atoms. The maximum atomic E-state index is 8.66. The third-order valence-electron chi connectivity index (χ3n) is 1.31. The third-order valence-corrected chi connectivity index (χ3v) is 1.31. The van der Waals surface area contributed by atoms with Gasteiger partial charge >= 0.3 is 0 Å². The number of allylic oxidation sites excluding steroid dienone is 1. The summed E-state index contributed by atoms with van der Waals surface area (Å²) in [5.41, 5.74) is 1.41. The summed E-state index contributed by atoms with van der Waals surface area (Å²) >= 11 is 0. The van der Waals surface area contributed by atoms with Gasteiger partial charge in [-0.1, -0.05) is 32.4 Å². The molecule has 0 aromatic rings. The zero-order chi connectivity index (χ0) is 8.20. The van der Waals surface area contributed by atoms with Gasteiger partial charge in [0, 0.05) is 0 Å². The molecule has 1 N–H and O–H groups in total. The summed E-state index contributed by atoms with van der Waals surface area (Å²) in [6.07, 6.45) is 3.14. The lowest BCUT2D eigenvalue weighted by atomic mass is 9.91. The fourth-order valence-corrected chi connectivity index (χ4v) is 0.545. The van der Waals surface area contributed by atoms with Crippen LogP contribution in [0.2, 0.25) is 0 Å². The molecule has 0 aliphatic rings. The lowest BCUT2D eigenvalue weighted by Crippen LogP contribution is -2.02. The Labute approximate surface area is 63.8 Å². The van der Waals surface area contributed by atoms with Crippen molar-refractivity contribution in [3.8, 4) is 0 Å². The van der Waals surface area contributed by atoms with E-state index >= 15 is 0 Å². The van der Waals surface area contributed by atoms with Gasteiger partial charge < -0.3 is 5.11 Å². The van der Waals surface area contributed by atoms with Gasteiger partial charge in [0.1, 0.15) is 0 Å². The van der Waals surface area contributed by atoms with Gasteiger partial charge in [-0.25, -0.2) is 0 Å². The Morgan fingerprint density at radius 3 is 2.20 bits per heavy atom. The van der Waals surface area contributed by atoms with E-state index in [2.05, 4.69) is 26.8 Å². The van der Waals surface area contributed by atoms with E-state index in [-0.39, 0.29) is 6.61 Å².